The van der Waals surface area contributed by atoms with Crippen molar-refractivity contribution in [2.75, 3.05) is 16.8 Å². The molecule has 2 rings (SSSR count). The van der Waals surface area contributed by atoms with Crippen LogP contribution >= 0.6 is 27.5 Å². The third kappa shape index (κ3) is 2.24. The van der Waals surface area contributed by atoms with Crippen molar-refractivity contribution in [1.29, 1.82) is 0 Å². The third-order valence-corrected chi connectivity index (χ3v) is 3.53. The first kappa shape index (κ1) is 11.9. The molecule has 0 radical (unpaired) electrons. The van der Waals surface area contributed by atoms with E-state index in [0.29, 0.717) is 23.3 Å². The number of hydrogen-bond donors (Lipinski definition) is 1. The smallest absolute Gasteiger partial charge is 0.231 e. The Balaban J connectivity index is 2.28. The maximum absolute atomic E-state index is 11.8. The molecule has 0 spiro atoms. The van der Waals surface area contributed by atoms with Gasteiger partial charge in [0.25, 0.3) is 0 Å². The molecule has 5 heteroatoms. The first-order valence-corrected chi connectivity index (χ1v) is 6.44. The van der Waals surface area contributed by atoms with E-state index >= 15 is 0 Å². The van der Waals surface area contributed by atoms with Crippen LogP contribution in [0.4, 0.5) is 5.69 Å². The fourth-order valence-corrected chi connectivity index (χ4v) is 2.16. The van der Waals surface area contributed by atoms with Crippen LogP contribution in [-0.2, 0) is 11.2 Å². The molecule has 0 fully saturated rings. The summed E-state index contributed by atoms with van der Waals surface area (Å²) in [6.45, 7) is 0.303. The predicted molar refractivity (Wildman–Crippen MR) is 67.3 cm³/mol. The van der Waals surface area contributed by atoms with Gasteiger partial charge >= 0.3 is 0 Å². The predicted octanol–water partition coefficient (Wildman–Crippen LogP) is 1.98. The van der Waals surface area contributed by atoms with Crippen LogP contribution in [-0.4, -0.2) is 29.0 Å². The molecule has 1 atom stereocenters. The zero-order chi connectivity index (χ0) is 11.7. The summed E-state index contributed by atoms with van der Waals surface area (Å²) in [6, 6.07) is 5.40. The van der Waals surface area contributed by atoms with Crippen molar-refractivity contribution in [2.45, 2.75) is 12.5 Å². The van der Waals surface area contributed by atoms with E-state index in [-0.39, 0.29) is 5.91 Å². The zero-order valence-corrected chi connectivity index (χ0v) is 10.8. The van der Waals surface area contributed by atoms with E-state index in [4.69, 9.17) is 11.6 Å². The van der Waals surface area contributed by atoms with E-state index in [2.05, 4.69) is 15.9 Å². The largest absolute Gasteiger partial charge is 0.390 e. The lowest BCUT2D eigenvalue weighted by Gasteiger charge is -2.20. The van der Waals surface area contributed by atoms with Crippen LogP contribution in [0.2, 0.25) is 5.02 Å². The highest BCUT2D eigenvalue weighted by atomic mass is 79.9. The molecule has 1 heterocycles. The number of fused-ring (bicyclic) bond motifs is 1. The summed E-state index contributed by atoms with van der Waals surface area (Å²) in [6.07, 6.45) is -0.171. The summed E-state index contributed by atoms with van der Waals surface area (Å²) in [4.78, 5) is 13.3. The van der Waals surface area contributed by atoms with E-state index in [1.54, 1.807) is 17.0 Å². The maximum atomic E-state index is 11.8. The summed E-state index contributed by atoms with van der Waals surface area (Å²) < 4.78 is 0. The highest BCUT2D eigenvalue weighted by molar-refractivity contribution is 9.09. The summed E-state index contributed by atoms with van der Waals surface area (Å²) in [5, 5.41) is 10.6. The monoisotopic (exact) mass is 303 g/mol. The van der Waals surface area contributed by atoms with Gasteiger partial charge in [0.2, 0.25) is 5.91 Å². The number of aliphatic hydroxyl groups is 1. The number of carbonyl (C=O) groups excluding carboxylic acids is 1. The van der Waals surface area contributed by atoms with Gasteiger partial charge in [-0.15, -0.1) is 0 Å². The number of benzene rings is 1. The standard InChI is InChI=1S/C11H11BrClNO2/c12-5-9(15)6-14-10-4-8(13)2-1-7(10)3-11(14)16/h1-2,4,9,15H,3,5-6H2. The molecule has 1 aliphatic heterocycles. The second kappa shape index (κ2) is 4.73. The maximum Gasteiger partial charge on any atom is 0.231 e. The molecule has 1 aliphatic rings. The van der Waals surface area contributed by atoms with Gasteiger partial charge in [-0.2, -0.15) is 0 Å². The van der Waals surface area contributed by atoms with Crippen molar-refractivity contribution in [1.82, 2.24) is 0 Å². The Morgan fingerprint density at radius 2 is 2.31 bits per heavy atom. The first-order chi connectivity index (χ1) is 7.61. The Morgan fingerprint density at radius 1 is 1.56 bits per heavy atom. The minimum atomic E-state index is -0.561. The fraction of sp³-hybridized carbons (Fsp3) is 0.364. The van der Waals surface area contributed by atoms with E-state index in [1.165, 1.54) is 0 Å². The minimum Gasteiger partial charge on any atom is -0.390 e. The van der Waals surface area contributed by atoms with Crippen LogP contribution < -0.4 is 4.90 Å². The Labute approximate surface area is 107 Å². The Bertz CT molecular complexity index is 424. The van der Waals surface area contributed by atoms with Crippen molar-refractivity contribution in [3.8, 4) is 0 Å². The van der Waals surface area contributed by atoms with Gasteiger partial charge in [0.05, 0.1) is 19.1 Å². The molecule has 1 unspecified atom stereocenters. The number of nitrogens with zero attached hydrogens (tertiary/aromatic N) is 1. The number of anilines is 1. The highest BCUT2D eigenvalue weighted by Crippen LogP contribution is 2.31. The molecular formula is C11H11BrClNO2. The molecule has 1 amide bonds. The van der Waals surface area contributed by atoms with Gasteiger partial charge < -0.3 is 10.0 Å². The zero-order valence-electron chi connectivity index (χ0n) is 8.49. The average molecular weight is 305 g/mol. The number of amides is 1. The summed E-state index contributed by atoms with van der Waals surface area (Å²) in [7, 11) is 0. The molecule has 16 heavy (non-hydrogen) atoms. The van der Waals surface area contributed by atoms with Crippen molar-refractivity contribution in [2.24, 2.45) is 0 Å². The molecule has 3 nitrogen and oxygen atoms in total. The first-order valence-electron chi connectivity index (χ1n) is 4.94. The molecule has 1 aromatic rings. The topological polar surface area (TPSA) is 40.5 Å². The molecule has 86 valence electrons. The van der Waals surface area contributed by atoms with Gasteiger partial charge in [0.15, 0.2) is 0 Å². The number of carbonyl (C=O) groups is 1. The highest BCUT2D eigenvalue weighted by Gasteiger charge is 2.28. The van der Waals surface area contributed by atoms with Crippen molar-refractivity contribution in [3.05, 3.63) is 28.8 Å². The summed E-state index contributed by atoms with van der Waals surface area (Å²) in [5.74, 6) is 0.0114. The van der Waals surface area contributed by atoms with Gasteiger partial charge in [-0.1, -0.05) is 33.6 Å². The van der Waals surface area contributed by atoms with Crippen LogP contribution in [0.15, 0.2) is 18.2 Å². The number of hydrogen-bond acceptors (Lipinski definition) is 2. The minimum absolute atomic E-state index is 0.0114. The number of β-amino-alcohol motifs (C(OH)–C–C–N with tert-alkyl or cyclic N) is 1. The van der Waals surface area contributed by atoms with E-state index in [9.17, 15) is 9.90 Å². The number of aliphatic hydroxyl groups excluding tert-OH is 1. The molecular weight excluding hydrogens is 293 g/mol. The average Bonchev–Trinajstić information content (AvgIpc) is 2.55. The Kier molecular flexibility index (Phi) is 3.52. The molecule has 0 bridgehead atoms. The normalized spacial score (nSPS) is 16.4. The van der Waals surface area contributed by atoms with Crippen LogP contribution in [0.3, 0.4) is 0 Å². The quantitative estimate of drug-likeness (QED) is 0.868. The van der Waals surface area contributed by atoms with Crippen molar-refractivity contribution in [3.63, 3.8) is 0 Å². The van der Waals surface area contributed by atoms with Gasteiger partial charge in [-0.05, 0) is 17.7 Å². The SMILES string of the molecule is O=C1Cc2ccc(Cl)cc2N1CC(O)CBr. The molecule has 1 N–H and O–H groups in total. The lowest BCUT2D eigenvalue weighted by atomic mass is 10.2. The summed E-state index contributed by atoms with van der Waals surface area (Å²) in [5.41, 5.74) is 1.79. The lowest BCUT2D eigenvalue weighted by Crippen LogP contribution is -2.35. The molecule has 0 aromatic heterocycles. The van der Waals surface area contributed by atoms with Crippen LogP contribution in [0, 0.1) is 0 Å². The van der Waals surface area contributed by atoms with Crippen molar-refractivity contribution >= 4 is 39.1 Å². The van der Waals surface area contributed by atoms with Gasteiger partial charge in [0.1, 0.15) is 0 Å². The second-order valence-corrected chi connectivity index (χ2v) is 4.85. The van der Waals surface area contributed by atoms with Gasteiger partial charge in [-0.3, -0.25) is 4.79 Å². The Hall–Kier alpha value is -0.580. The molecule has 1 aromatic carbocycles. The van der Waals surface area contributed by atoms with Gasteiger partial charge in [0, 0.05) is 16.0 Å². The summed E-state index contributed by atoms with van der Waals surface area (Å²) >= 11 is 9.08. The fourth-order valence-electron chi connectivity index (χ4n) is 1.79. The number of halogens is 2. The molecule has 0 saturated carbocycles. The lowest BCUT2D eigenvalue weighted by molar-refractivity contribution is -0.117. The Morgan fingerprint density at radius 3 is 3.00 bits per heavy atom. The number of rotatable bonds is 3. The van der Waals surface area contributed by atoms with Gasteiger partial charge in [-0.25, -0.2) is 0 Å². The van der Waals surface area contributed by atoms with Crippen LogP contribution in [0.5, 0.6) is 0 Å². The molecule has 0 aliphatic carbocycles. The van der Waals surface area contributed by atoms with E-state index < -0.39 is 6.10 Å². The third-order valence-electron chi connectivity index (χ3n) is 2.55. The van der Waals surface area contributed by atoms with Crippen LogP contribution in [0.25, 0.3) is 0 Å². The number of alkyl halides is 1. The second-order valence-electron chi connectivity index (χ2n) is 3.76. The van der Waals surface area contributed by atoms with E-state index in [0.717, 1.165) is 11.3 Å². The molecule has 0 saturated heterocycles. The van der Waals surface area contributed by atoms with E-state index in [1.807, 2.05) is 6.07 Å². The van der Waals surface area contributed by atoms with Crippen LogP contribution in [0.1, 0.15) is 5.56 Å². The van der Waals surface area contributed by atoms with Crippen molar-refractivity contribution < 1.29 is 9.90 Å².